The van der Waals surface area contributed by atoms with Crippen LogP contribution in [0.2, 0.25) is 0 Å². The number of nitrogens with zero attached hydrogens (tertiary/aromatic N) is 6. The van der Waals surface area contributed by atoms with Gasteiger partial charge in [-0.05, 0) is 48.7 Å². The van der Waals surface area contributed by atoms with Crippen molar-refractivity contribution in [2.45, 2.75) is 44.4 Å². The van der Waals surface area contributed by atoms with E-state index in [0.717, 1.165) is 16.9 Å². The fourth-order valence-electron chi connectivity index (χ4n) is 6.20. The molecule has 0 N–H and O–H groups in total. The van der Waals surface area contributed by atoms with E-state index in [1.807, 2.05) is 48.7 Å². The highest BCUT2D eigenvalue weighted by molar-refractivity contribution is 5.93. The number of amides is 1. The van der Waals surface area contributed by atoms with Crippen molar-refractivity contribution in [3.8, 4) is 11.8 Å². The average Bonchev–Trinajstić information content (AvgIpc) is 3.56. The summed E-state index contributed by atoms with van der Waals surface area (Å²) in [4.78, 5) is 24.6. The van der Waals surface area contributed by atoms with E-state index in [-0.39, 0.29) is 24.9 Å². The highest BCUT2D eigenvalue weighted by atomic mass is 19.4. The first kappa shape index (κ1) is 29.3. The minimum Gasteiger partial charge on any atom is -0.405 e. The van der Waals surface area contributed by atoms with Gasteiger partial charge in [-0.25, -0.2) is 4.98 Å². The molecule has 1 amide bonds. The Morgan fingerprint density at radius 3 is 2.32 bits per heavy atom. The molecular formula is C33H31F3N6O2. The van der Waals surface area contributed by atoms with Gasteiger partial charge in [-0.3, -0.25) is 9.69 Å². The van der Waals surface area contributed by atoms with Crippen molar-refractivity contribution < 1.29 is 22.7 Å². The van der Waals surface area contributed by atoms with Crippen LogP contribution in [0, 0.1) is 11.3 Å². The summed E-state index contributed by atoms with van der Waals surface area (Å²) in [5.74, 6) is -0.388. The zero-order valence-electron chi connectivity index (χ0n) is 24.0. The summed E-state index contributed by atoms with van der Waals surface area (Å²) in [6.45, 7) is 2.90. The molecule has 0 atom stereocenters. The van der Waals surface area contributed by atoms with Gasteiger partial charge in [-0.1, -0.05) is 48.5 Å². The van der Waals surface area contributed by atoms with Crippen LogP contribution in [0.1, 0.15) is 35.2 Å². The van der Waals surface area contributed by atoms with Crippen molar-refractivity contribution in [1.29, 1.82) is 5.26 Å². The SMILES string of the molecule is N#Cc1ccc(Cn2cncc2CN2CCC3(CC2)C(=O)N(Cc2ccccc2OC(F)(F)F)CN3c2ccccc2)cc1. The third-order valence-corrected chi connectivity index (χ3v) is 8.44. The van der Waals surface area contributed by atoms with Gasteiger partial charge in [-0.15, -0.1) is 13.2 Å². The fraction of sp³-hybridized carbons (Fsp3) is 0.303. The number of hydrogen-bond acceptors (Lipinski definition) is 6. The lowest BCUT2D eigenvalue weighted by molar-refractivity contribution is -0.275. The second-order valence-corrected chi connectivity index (χ2v) is 11.2. The maximum absolute atomic E-state index is 14.2. The van der Waals surface area contributed by atoms with Crippen LogP contribution in [-0.2, 0) is 24.4 Å². The Hall–Kier alpha value is -4.82. The Kier molecular flexibility index (Phi) is 8.01. The number of carbonyl (C=O) groups is 1. The maximum Gasteiger partial charge on any atom is 0.573 e. The van der Waals surface area contributed by atoms with E-state index in [4.69, 9.17) is 5.26 Å². The van der Waals surface area contributed by atoms with Crippen LogP contribution in [0.15, 0.2) is 91.4 Å². The van der Waals surface area contributed by atoms with Gasteiger partial charge >= 0.3 is 6.36 Å². The van der Waals surface area contributed by atoms with E-state index in [1.54, 1.807) is 35.5 Å². The molecule has 2 aliphatic heterocycles. The molecule has 2 fully saturated rings. The predicted molar refractivity (Wildman–Crippen MR) is 157 cm³/mol. The second-order valence-electron chi connectivity index (χ2n) is 11.2. The van der Waals surface area contributed by atoms with Crippen LogP contribution >= 0.6 is 0 Å². The molecule has 0 saturated carbocycles. The number of imidazole rings is 1. The number of likely N-dealkylation sites (tertiary alicyclic amines) is 1. The van der Waals surface area contributed by atoms with Crippen LogP contribution in [0.3, 0.4) is 0 Å². The van der Waals surface area contributed by atoms with Gasteiger partial charge in [0, 0.05) is 43.6 Å². The standard InChI is InChI=1S/C33H31F3N6O2/c34-33(35,36)44-30-9-5-4-6-27(30)21-41-24-42(28-7-2-1-3-8-28)32(31(41)43)14-16-39(17-15-32)22-29-19-38-23-40(29)20-26-12-10-25(18-37)11-13-26/h1-13,19,23H,14-17,20-22,24H2. The van der Waals surface area contributed by atoms with E-state index in [9.17, 15) is 18.0 Å². The number of hydrogen-bond donors (Lipinski definition) is 0. The summed E-state index contributed by atoms with van der Waals surface area (Å²) in [7, 11) is 0. The number of para-hydroxylation sites is 2. The quantitative estimate of drug-likeness (QED) is 0.264. The number of carbonyl (C=O) groups excluding carboxylic acids is 1. The first-order chi connectivity index (χ1) is 21.2. The molecule has 0 bridgehead atoms. The van der Waals surface area contributed by atoms with Crippen molar-refractivity contribution in [3.63, 3.8) is 0 Å². The Morgan fingerprint density at radius 1 is 0.909 bits per heavy atom. The molecule has 4 aromatic rings. The fourth-order valence-corrected chi connectivity index (χ4v) is 6.20. The van der Waals surface area contributed by atoms with E-state index in [1.165, 1.54) is 12.1 Å². The Bertz CT molecular complexity index is 1640. The zero-order valence-corrected chi connectivity index (χ0v) is 24.0. The van der Waals surface area contributed by atoms with Gasteiger partial charge in [0.2, 0.25) is 5.91 Å². The Labute approximate surface area is 253 Å². The second kappa shape index (κ2) is 12.1. The zero-order chi connectivity index (χ0) is 30.7. The smallest absolute Gasteiger partial charge is 0.405 e. The summed E-state index contributed by atoms with van der Waals surface area (Å²) < 4.78 is 45.6. The molecule has 0 aliphatic carbocycles. The molecule has 0 radical (unpaired) electrons. The maximum atomic E-state index is 14.2. The minimum atomic E-state index is -4.83. The van der Waals surface area contributed by atoms with Gasteiger partial charge in [0.05, 0.1) is 36.9 Å². The summed E-state index contributed by atoms with van der Waals surface area (Å²) in [6, 6.07) is 25.3. The molecule has 2 saturated heterocycles. The van der Waals surface area contributed by atoms with Crippen molar-refractivity contribution in [2.24, 2.45) is 0 Å². The number of halogens is 3. The van der Waals surface area contributed by atoms with Crippen molar-refractivity contribution >= 4 is 11.6 Å². The number of ether oxygens (including phenoxy) is 1. The molecule has 3 aromatic carbocycles. The topological polar surface area (TPSA) is 77.6 Å². The molecule has 44 heavy (non-hydrogen) atoms. The monoisotopic (exact) mass is 600 g/mol. The van der Waals surface area contributed by atoms with Crippen molar-refractivity contribution in [3.05, 3.63) is 114 Å². The molecule has 1 aromatic heterocycles. The van der Waals surface area contributed by atoms with Crippen molar-refractivity contribution in [1.82, 2.24) is 19.4 Å². The van der Waals surface area contributed by atoms with E-state index < -0.39 is 11.9 Å². The number of aromatic nitrogens is 2. The first-order valence-corrected chi connectivity index (χ1v) is 14.4. The third-order valence-electron chi connectivity index (χ3n) is 8.44. The van der Waals surface area contributed by atoms with Crippen LogP contribution < -0.4 is 9.64 Å². The summed E-state index contributed by atoms with van der Waals surface area (Å²) in [6.07, 6.45) is -0.0297. The van der Waals surface area contributed by atoms with E-state index in [0.29, 0.717) is 50.1 Å². The normalized spacial score (nSPS) is 16.8. The van der Waals surface area contributed by atoms with Crippen LogP contribution in [0.4, 0.5) is 18.9 Å². The van der Waals surface area contributed by atoms with Crippen LogP contribution in [-0.4, -0.2) is 56.9 Å². The number of benzene rings is 3. The lowest BCUT2D eigenvalue weighted by Gasteiger charge is -2.43. The summed E-state index contributed by atoms with van der Waals surface area (Å²) in [5.41, 5.74) is 3.13. The lowest BCUT2D eigenvalue weighted by Crippen LogP contribution is -2.56. The molecule has 2 aliphatic rings. The number of piperidine rings is 1. The Balaban J connectivity index is 1.18. The molecule has 8 nitrogen and oxygen atoms in total. The summed E-state index contributed by atoms with van der Waals surface area (Å²) >= 11 is 0. The third kappa shape index (κ3) is 6.12. The number of anilines is 1. The largest absolute Gasteiger partial charge is 0.573 e. The number of nitriles is 1. The van der Waals surface area contributed by atoms with Gasteiger partial charge < -0.3 is 19.1 Å². The molecule has 0 unspecified atom stereocenters. The van der Waals surface area contributed by atoms with Gasteiger partial charge in [-0.2, -0.15) is 5.26 Å². The first-order valence-electron chi connectivity index (χ1n) is 14.4. The highest BCUT2D eigenvalue weighted by Crippen LogP contribution is 2.41. The minimum absolute atomic E-state index is 0.00835. The molecule has 11 heteroatoms. The lowest BCUT2D eigenvalue weighted by atomic mass is 9.85. The van der Waals surface area contributed by atoms with Crippen LogP contribution in [0.5, 0.6) is 5.75 Å². The van der Waals surface area contributed by atoms with Crippen molar-refractivity contribution in [2.75, 3.05) is 24.7 Å². The molecule has 226 valence electrons. The predicted octanol–water partition coefficient (Wildman–Crippen LogP) is 5.54. The Morgan fingerprint density at radius 2 is 1.61 bits per heavy atom. The number of rotatable bonds is 8. The van der Waals surface area contributed by atoms with E-state index >= 15 is 0 Å². The molecule has 3 heterocycles. The van der Waals surface area contributed by atoms with Gasteiger partial charge in [0.1, 0.15) is 11.3 Å². The number of alkyl halides is 3. The molecule has 6 rings (SSSR count). The van der Waals surface area contributed by atoms with Crippen LogP contribution in [0.25, 0.3) is 0 Å². The highest BCUT2D eigenvalue weighted by Gasteiger charge is 2.53. The van der Waals surface area contributed by atoms with Gasteiger partial charge in [0.15, 0.2) is 0 Å². The molecule has 1 spiro atoms. The summed E-state index contributed by atoms with van der Waals surface area (Å²) in [5, 5.41) is 9.07. The average molecular weight is 601 g/mol. The molecular weight excluding hydrogens is 569 g/mol. The van der Waals surface area contributed by atoms with Gasteiger partial charge in [0.25, 0.3) is 0 Å². The van der Waals surface area contributed by atoms with E-state index in [2.05, 4.69) is 30.2 Å².